The Morgan fingerprint density at radius 3 is 0.933 bits per heavy atom. The molecule has 6 heteroatoms. The van der Waals surface area contributed by atoms with Gasteiger partial charge in [0, 0.05) is 38.3 Å². The smallest absolute Gasteiger partial charge is 0.0936 e. The quantitative estimate of drug-likeness (QED) is 0.478. The Hall–Kier alpha value is -0.240. The molecule has 4 unspecified atom stereocenters. The van der Waals surface area contributed by atoms with E-state index in [1.54, 1.807) is 0 Å². The largest absolute Gasteiger partial charge is 0.372 e. The summed E-state index contributed by atoms with van der Waals surface area (Å²) < 4.78 is 22.1. The van der Waals surface area contributed by atoms with Crippen LogP contribution in [-0.4, -0.2) is 98.9 Å². The van der Waals surface area contributed by atoms with Gasteiger partial charge in [-0.3, -0.25) is 9.80 Å². The first-order valence-corrected chi connectivity index (χ1v) is 12.7. The molecule has 30 heavy (non-hydrogen) atoms. The summed E-state index contributed by atoms with van der Waals surface area (Å²) in [6.07, 6.45) is 13.3. The summed E-state index contributed by atoms with van der Waals surface area (Å²) in [5.74, 6) is 1.93. The fourth-order valence-electron chi connectivity index (χ4n) is 6.36. The van der Waals surface area contributed by atoms with Crippen LogP contribution in [0, 0.1) is 11.8 Å². The van der Waals surface area contributed by atoms with Crippen molar-refractivity contribution in [1.82, 2.24) is 9.80 Å². The molecule has 6 fully saturated rings. The lowest BCUT2D eigenvalue weighted by molar-refractivity contribution is 0.0707. The SMILES string of the molecule is C1OC1CN(CC1CO1)C1CCC(C2CCC(N(CC3CO3)CC3CO3)CC2)CC1. The van der Waals surface area contributed by atoms with Crippen molar-refractivity contribution >= 4 is 0 Å². The molecule has 2 aliphatic carbocycles. The van der Waals surface area contributed by atoms with E-state index in [0.717, 1.165) is 76.5 Å². The third-order valence-corrected chi connectivity index (χ3v) is 8.54. The highest BCUT2D eigenvalue weighted by Gasteiger charge is 2.39. The van der Waals surface area contributed by atoms with Crippen LogP contribution in [0.25, 0.3) is 0 Å². The van der Waals surface area contributed by atoms with Crippen molar-refractivity contribution in [1.29, 1.82) is 0 Å². The second-order valence-corrected chi connectivity index (χ2v) is 10.9. The molecule has 0 radical (unpaired) electrons. The average Bonchev–Trinajstić information content (AvgIpc) is 3.62. The predicted molar refractivity (Wildman–Crippen MR) is 114 cm³/mol. The van der Waals surface area contributed by atoms with Crippen molar-refractivity contribution in [3.05, 3.63) is 0 Å². The molecule has 6 nitrogen and oxygen atoms in total. The number of nitrogens with zero attached hydrogens (tertiary/aromatic N) is 2. The van der Waals surface area contributed by atoms with Crippen molar-refractivity contribution in [2.45, 2.75) is 87.9 Å². The van der Waals surface area contributed by atoms with Gasteiger partial charge in [-0.15, -0.1) is 0 Å². The molecule has 4 saturated heterocycles. The number of ether oxygens (including phenoxy) is 4. The maximum Gasteiger partial charge on any atom is 0.0936 e. The van der Waals surface area contributed by atoms with Crippen molar-refractivity contribution in [2.75, 3.05) is 52.6 Å². The summed E-state index contributed by atoms with van der Waals surface area (Å²) in [6.45, 7) is 8.40. The molecule has 4 heterocycles. The van der Waals surface area contributed by atoms with Gasteiger partial charge in [0.1, 0.15) is 0 Å². The van der Waals surface area contributed by atoms with Crippen LogP contribution < -0.4 is 0 Å². The Balaban J connectivity index is 0.960. The summed E-state index contributed by atoms with van der Waals surface area (Å²) in [7, 11) is 0. The molecule has 0 bridgehead atoms. The van der Waals surface area contributed by atoms with Crippen molar-refractivity contribution < 1.29 is 18.9 Å². The normalized spacial score (nSPS) is 45.0. The minimum Gasteiger partial charge on any atom is -0.372 e. The second kappa shape index (κ2) is 8.95. The van der Waals surface area contributed by atoms with E-state index in [4.69, 9.17) is 18.9 Å². The molecule has 4 atom stereocenters. The van der Waals surface area contributed by atoms with E-state index in [2.05, 4.69) is 9.80 Å². The molecule has 0 amide bonds. The first-order valence-electron chi connectivity index (χ1n) is 12.7. The standard InChI is InChI=1S/C24H40N2O4/c1-5-19(25(9-21-13-27-21)10-22-14-28-22)6-2-17(1)18-3-7-20(8-4-18)26(11-23-15-29-23)12-24-16-30-24/h17-24H,1-16H2. The highest BCUT2D eigenvalue weighted by atomic mass is 16.6. The Morgan fingerprint density at radius 1 is 0.433 bits per heavy atom. The highest BCUT2D eigenvalue weighted by Crippen LogP contribution is 2.41. The van der Waals surface area contributed by atoms with Gasteiger partial charge in [0.2, 0.25) is 0 Å². The number of hydrogen-bond donors (Lipinski definition) is 0. The van der Waals surface area contributed by atoms with E-state index in [1.807, 2.05) is 0 Å². The third-order valence-electron chi connectivity index (χ3n) is 8.54. The van der Waals surface area contributed by atoms with E-state index in [9.17, 15) is 0 Å². The van der Waals surface area contributed by atoms with Gasteiger partial charge in [0.05, 0.1) is 50.8 Å². The zero-order valence-corrected chi connectivity index (χ0v) is 18.5. The zero-order valence-electron chi connectivity index (χ0n) is 18.5. The number of epoxide rings is 4. The molecular weight excluding hydrogens is 380 g/mol. The predicted octanol–water partition coefficient (Wildman–Crippen LogP) is 2.30. The molecule has 0 N–H and O–H groups in total. The Kier molecular flexibility index (Phi) is 6.08. The molecule has 0 aromatic rings. The lowest BCUT2D eigenvalue weighted by Crippen LogP contribution is -2.45. The van der Waals surface area contributed by atoms with E-state index in [-0.39, 0.29) is 0 Å². The van der Waals surface area contributed by atoms with Gasteiger partial charge in [0.15, 0.2) is 0 Å². The average molecular weight is 421 g/mol. The van der Waals surface area contributed by atoms with Gasteiger partial charge >= 0.3 is 0 Å². The van der Waals surface area contributed by atoms with Crippen LogP contribution in [0.2, 0.25) is 0 Å². The molecule has 0 aromatic heterocycles. The van der Waals surface area contributed by atoms with Crippen LogP contribution in [0.3, 0.4) is 0 Å². The van der Waals surface area contributed by atoms with E-state index in [0.29, 0.717) is 24.4 Å². The molecule has 0 aromatic carbocycles. The van der Waals surface area contributed by atoms with Crippen LogP contribution in [-0.2, 0) is 18.9 Å². The maximum absolute atomic E-state index is 5.53. The fraction of sp³-hybridized carbons (Fsp3) is 1.00. The number of hydrogen-bond acceptors (Lipinski definition) is 6. The molecule has 6 rings (SSSR count). The van der Waals surface area contributed by atoms with Gasteiger partial charge in [-0.1, -0.05) is 0 Å². The maximum atomic E-state index is 5.53. The van der Waals surface area contributed by atoms with E-state index < -0.39 is 0 Å². The van der Waals surface area contributed by atoms with E-state index in [1.165, 1.54) is 51.4 Å². The molecule has 4 aliphatic heterocycles. The summed E-state index contributed by atoms with van der Waals surface area (Å²) in [6, 6.07) is 1.53. The van der Waals surface area contributed by atoms with Crippen LogP contribution in [0.15, 0.2) is 0 Å². The van der Waals surface area contributed by atoms with E-state index >= 15 is 0 Å². The molecule has 0 spiro atoms. The third kappa shape index (κ3) is 5.57. The Bertz CT molecular complexity index is 482. The van der Waals surface area contributed by atoms with Gasteiger partial charge in [-0.05, 0) is 63.2 Å². The minimum absolute atomic E-state index is 0.502. The minimum atomic E-state index is 0.502. The van der Waals surface area contributed by atoms with Gasteiger partial charge in [0.25, 0.3) is 0 Å². The fourth-order valence-corrected chi connectivity index (χ4v) is 6.36. The molecule has 2 saturated carbocycles. The number of rotatable bonds is 11. The van der Waals surface area contributed by atoms with Crippen LogP contribution in [0.5, 0.6) is 0 Å². The summed E-state index contributed by atoms with van der Waals surface area (Å²) in [5.41, 5.74) is 0. The lowest BCUT2D eigenvalue weighted by atomic mass is 9.71. The topological polar surface area (TPSA) is 56.6 Å². The Morgan fingerprint density at radius 2 is 0.700 bits per heavy atom. The summed E-state index contributed by atoms with van der Waals surface area (Å²) >= 11 is 0. The lowest BCUT2D eigenvalue weighted by Gasteiger charge is -2.42. The molecule has 170 valence electrons. The zero-order chi connectivity index (χ0) is 19.9. The monoisotopic (exact) mass is 420 g/mol. The van der Waals surface area contributed by atoms with Crippen molar-refractivity contribution in [3.8, 4) is 0 Å². The summed E-state index contributed by atoms with van der Waals surface area (Å²) in [5, 5.41) is 0. The van der Waals surface area contributed by atoms with Crippen LogP contribution in [0.1, 0.15) is 51.4 Å². The van der Waals surface area contributed by atoms with Gasteiger partial charge in [-0.25, -0.2) is 0 Å². The first kappa shape index (κ1) is 20.4. The van der Waals surface area contributed by atoms with Crippen LogP contribution in [0.4, 0.5) is 0 Å². The molecule has 6 aliphatic rings. The van der Waals surface area contributed by atoms with Crippen molar-refractivity contribution in [2.24, 2.45) is 11.8 Å². The second-order valence-electron chi connectivity index (χ2n) is 10.9. The summed E-state index contributed by atoms with van der Waals surface area (Å²) in [4.78, 5) is 5.42. The highest BCUT2D eigenvalue weighted by molar-refractivity contribution is 4.91. The first-order chi connectivity index (χ1) is 14.8. The Labute approximate surface area is 181 Å². The van der Waals surface area contributed by atoms with Gasteiger partial charge in [-0.2, -0.15) is 0 Å². The van der Waals surface area contributed by atoms with Gasteiger partial charge < -0.3 is 18.9 Å². The molecular formula is C24H40N2O4. The van der Waals surface area contributed by atoms with Crippen LogP contribution >= 0.6 is 0 Å². The van der Waals surface area contributed by atoms with Crippen molar-refractivity contribution in [3.63, 3.8) is 0 Å².